The molecule has 4 rings (SSSR count). The summed E-state index contributed by atoms with van der Waals surface area (Å²) in [7, 11) is 1.82. The van der Waals surface area contributed by atoms with Gasteiger partial charge in [0.2, 0.25) is 0 Å². The first-order valence-corrected chi connectivity index (χ1v) is 10.8. The number of amides is 1. The lowest BCUT2D eigenvalue weighted by atomic mass is 10.1. The van der Waals surface area contributed by atoms with Gasteiger partial charge in [0.1, 0.15) is 0 Å². The maximum absolute atomic E-state index is 13.3. The van der Waals surface area contributed by atoms with Gasteiger partial charge in [0.25, 0.3) is 5.91 Å². The van der Waals surface area contributed by atoms with Crippen molar-refractivity contribution in [3.8, 4) is 0 Å². The molecule has 0 atom stereocenters. The molecule has 0 aliphatic carbocycles. The lowest BCUT2D eigenvalue weighted by Gasteiger charge is -2.27. The van der Waals surface area contributed by atoms with Crippen LogP contribution in [0.2, 0.25) is 0 Å². The molecule has 0 saturated carbocycles. The van der Waals surface area contributed by atoms with E-state index in [1.165, 1.54) is 5.56 Å². The van der Waals surface area contributed by atoms with Crippen LogP contribution in [0.5, 0.6) is 0 Å². The molecule has 8 heteroatoms. The fourth-order valence-electron chi connectivity index (χ4n) is 3.70. The number of benzene rings is 1. The molecular weight excluding hydrogens is 386 g/mol. The molecule has 3 aromatic rings. The van der Waals surface area contributed by atoms with Gasteiger partial charge in [0.05, 0.1) is 23.4 Å². The number of aryl methyl sites for hydroxylation is 3. The number of carbonyl (C=O) groups excluding carboxylic acids is 1. The monoisotopic (exact) mass is 413 g/mol. The van der Waals surface area contributed by atoms with Gasteiger partial charge in [-0.15, -0.1) is 0 Å². The van der Waals surface area contributed by atoms with Gasteiger partial charge in [-0.1, -0.05) is 17.4 Å². The van der Waals surface area contributed by atoms with Gasteiger partial charge in [0, 0.05) is 39.4 Å². The lowest BCUT2D eigenvalue weighted by Crippen LogP contribution is -2.39. The average Bonchev–Trinajstić information content (AvgIpc) is 3.32. The molecule has 2 aromatic heterocycles. The zero-order chi connectivity index (χ0) is 20.4. The van der Waals surface area contributed by atoms with Crippen LogP contribution >= 0.6 is 11.3 Å². The predicted molar refractivity (Wildman–Crippen MR) is 116 cm³/mol. The van der Waals surface area contributed by atoms with Crippen molar-refractivity contribution < 1.29 is 9.53 Å². The maximum Gasteiger partial charge on any atom is 0.280 e. The number of nitrogens with zero attached hydrogens (tertiary/aromatic N) is 5. The molecule has 1 saturated heterocycles. The zero-order valence-corrected chi connectivity index (χ0v) is 18.0. The highest BCUT2D eigenvalue weighted by atomic mass is 32.1. The molecule has 29 heavy (non-hydrogen) atoms. The third-order valence-electron chi connectivity index (χ3n) is 5.19. The Balaban J connectivity index is 1.58. The van der Waals surface area contributed by atoms with E-state index < -0.39 is 0 Å². The number of rotatable bonds is 6. The summed E-state index contributed by atoms with van der Waals surface area (Å²) in [6.07, 6.45) is 2.68. The summed E-state index contributed by atoms with van der Waals surface area (Å²) in [5, 5.41) is 5.06. The highest BCUT2D eigenvalue weighted by Gasteiger charge is 2.24. The molecule has 1 aliphatic rings. The van der Waals surface area contributed by atoms with Crippen LogP contribution in [0.4, 0.5) is 5.13 Å². The van der Waals surface area contributed by atoms with Crippen molar-refractivity contribution in [2.24, 2.45) is 7.05 Å². The molecule has 0 unspecified atom stereocenters. The second-order valence-corrected chi connectivity index (χ2v) is 8.57. The van der Waals surface area contributed by atoms with Gasteiger partial charge in [0.15, 0.2) is 10.8 Å². The molecule has 0 radical (unpaired) electrons. The van der Waals surface area contributed by atoms with E-state index in [1.807, 2.05) is 7.05 Å². The fraction of sp³-hybridized carbons (Fsp3) is 0.476. The maximum atomic E-state index is 13.3. The van der Waals surface area contributed by atoms with E-state index in [9.17, 15) is 4.79 Å². The third kappa shape index (κ3) is 4.49. The van der Waals surface area contributed by atoms with Crippen LogP contribution in [0.3, 0.4) is 0 Å². The number of anilines is 1. The van der Waals surface area contributed by atoms with Crippen molar-refractivity contribution in [2.45, 2.75) is 20.3 Å². The third-order valence-corrected chi connectivity index (χ3v) is 6.21. The molecule has 1 aliphatic heterocycles. The Morgan fingerprint density at radius 3 is 2.79 bits per heavy atom. The minimum atomic E-state index is -0.0963. The summed E-state index contributed by atoms with van der Waals surface area (Å²) >= 11 is 1.58. The predicted octanol–water partition coefficient (Wildman–Crippen LogP) is 3.02. The van der Waals surface area contributed by atoms with Crippen LogP contribution in [-0.2, 0) is 11.8 Å². The van der Waals surface area contributed by atoms with Gasteiger partial charge >= 0.3 is 0 Å². The van der Waals surface area contributed by atoms with E-state index in [2.05, 4.69) is 36.0 Å². The van der Waals surface area contributed by atoms with E-state index in [0.29, 0.717) is 12.2 Å². The Hall–Kier alpha value is -2.29. The summed E-state index contributed by atoms with van der Waals surface area (Å²) in [5.74, 6) is -0.0963. The van der Waals surface area contributed by atoms with Crippen molar-refractivity contribution >= 4 is 32.6 Å². The standard InChI is InChI=1S/C21H27N5O2S/c1-15-13-16(2)19-18(14-15)29-21(22-19)26(20(27)17-5-8-24(3)23-17)7-4-6-25-9-11-28-12-10-25/h5,8,13-14H,4,6-7,9-12H2,1-3H3. The Labute approximate surface area is 174 Å². The smallest absolute Gasteiger partial charge is 0.280 e. The number of ether oxygens (including phenoxy) is 1. The van der Waals surface area contributed by atoms with E-state index in [-0.39, 0.29) is 5.91 Å². The molecule has 3 heterocycles. The van der Waals surface area contributed by atoms with Crippen molar-refractivity contribution in [2.75, 3.05) is 44.3 Å². The number of fused-ring (bicyclic) bond motifs is 1. The Bertz CT molecular complexity index is 1010. The number of hydrogen-bond donors (Lipinski definition) is 0. The largest absolute Gasteiger partial charge is 0.379 e. The van der Waals surface area contributed by atoms with E-state index >= 15 is 0 Å². The summed E-state index contributed by atoms with van der Waals surface area (Å²) in [5.41, 5.74) is 3.77. The molecule has 0 N–H and O–H groups in total. The van der Waals surface area contributed by atoms with Gasteiger partial charge in [-0.2, -0.15) is 5.10 Å². The Morgan fingerprint density at radius 1 is 1.28 bits per heavy atom. The number of aromatic nitrogens is 3. The summed E-state index contributed by atoms with van der Waals surface area (Å²) in [6.45, 7) is 9.19. The van der Waals surface area contributed by atoms with Crippen LogP contribution in [0.15, 0.2) is 24.4 Å². The zero-order valence-electron chi connectivity index (χ0n) is 17.2. The molecule has 1 aromatic carbocycles. The van der Waals surface area contributed by atoms with Crippen molar-refractivity contribution in [1.82, 2.24) is 19.7 Å². The molecule has 7 nitrogen and oxygen atoms in total. The first kappa shape index (κ1) is 20.0. The van der Waals surface area contributed by atoms with Crippen molar-refractivity contribution in [3.05, 3.63) is 41.2 Å². The normalized spacial score (nSPS) is 15.1. The minimum absolute atomic E-state index is 0.0963. The highest BCUT2D eigenvalue weighted by Crippen LogP contribution is 2.32. The summed E-state index contributed by atoms with van der Waals surface area (Å²) in [6, 6.07) is 6.04. The van der Waals surface area contributed by atoms with Gasteiger partial charge in [-0.25, -0.2) is 4.98 Å². The lowest BCUT2D eigenvalue weighted by molar-refractivity contribution is 0.0376. The first-order valence-electron chi connectivity index (χ1n) is 10.0. The van der Waals surface area contributed by atoms with Gasteiger partial charge < -0.3 is 4.74 Å². The van der Waals surface area contributed by atoms with Crippen LogP contribution < -0.4 is 4.90 Å². The average molecular weight is 414 g/mol. The second-order valence-electron chi connectivity index (χ2n) is 7.56. The van der Waals surface area contributed by atoms with Crippen LogP contribution in [0.1, 0.15) is 28.0 Å². The van der Waals surface area contributed by atoms with Gasteiger partial charge in [-0.3, -0.25) is 19.3 Å². The van der Waals surface area contributed by atoms with Crippen molar-refractivity contribution in [3.63, 3.8) is 0 Å². The van der Waals surface area contributed by atoms with E-state index in [1.54, 1.807) is 33.2 Å². The number of thiazole rings is 1. The number of morpholine rings is 1. The highest BCUT2D eigenvalue weighted by molar-refractivity contribution is 7.22. The van der Waals surface area contributed by atoms with E-state index in [0.717, 1.165) is 60.2 Å². The van der Waals surface area contributed by atoms with E-state index in [4.69, 9.17) is 9.72 Å². The summed E-state index contributed by atoms with van der Waals surface area (Å²) in [4.78, 5) is 22.3. The quantitative estimate of drug-likeness (QED) is 0.622. The Kier molecular flexibility index (Phi) is 5.94. The molecule has 0 bridgehead atoms. The molecule has 0 spiro atoms. The molecule has 154 valence electrons. The number of carbonyl (C=O) groups is 1. The first-order chi connectivity index (χ1) is 14.0. The minimum Gasteiger partial charge on any atom is -0.379 e. The van der Waals surface area contributed by atoms with Gasteiger partial charge in [-0.05, 0) is 43.5 Å². The van der Waals surface area contributed by atoms with Crippen LogP contribution in [-0.4, -0.2) is 65.0 Å². The van der Waals surface area contributed by atoms with Crippen LogP contribution in [0, 0.1) is 13.8 Å². The molecular formula is C21H27N5O2S. The van der Waals surface area contributed by atoms with Crippen molar-refractivity contribution in [1.29, 1.82) is 0 Å². The van der Waals surface area contributed by atoms with Crippen LogP contribution in [0.25, 0.3) is 10.2 Å². The second kappa shape index (κ2) is 8.61. The SMILES string of the molecule is Cc1cc(C)c2nc(N(CCCN3CCOCC3)C(=O)c3ccn(C)n3)sc2c1. The number of hydrogen-bond acceptors (Lipinski definition) is 6. The fourth-order valence-corrected chi connectivity index (χ4v) is 4.87. The molecule has 1 amide bonds. The summed E-state index contributed by atoms with van der Waals surface area (Å²) < 4.78 is 8.20. The topological polar surface area (TPSA) is 63.5 Å². The Morgan fingerprint density at radius 2 is 2.07 bits per heavy atom. The molecule has 1 fully saturated rings.